The van der Waals surface area contributed by atoms with Crippen LogP contribution in [0.3, 0.4) is 0 Å². The summed E-state index contributed by atoms with van der Waals surface area (Å²) < 4.78 is 15.2. The molecule has 0 aliphatic rings. The Bertz CT molecular complexity index is 1240. The number of aryl methyl sites for hydroxylation is 2. The SMILES string of the molecule is CCc1ccc(NC(=O)NCc2nnc(SCc3ccc(F)cc3)n2-c2ccc(C)cc2)cc1. The van der Waals surface area contributed by atoms with E-state index in [1.807, 2.05) is 60.0 Å². The van der Waals surface area contributed by atoms with Crippen molar-refractivity contribution in [2.45, 2.75) is 37.7 Å². The molecule has 0 bridgehead atoms. The molecule has 174 valence electrons. The highest BCUT2D eigenvalue weighted by Crippen LogP contribution is 2.25. The minimum Gasteiger partial charge on any atom is -0.331 e. The lowest BCUT2D eigenvalue weighted by Gasteiger charge is -2.12. The van der Waals surface area contributed by atoms with Crippen LogP contribution < -0.4 is 10.6 Å². The van der Waals surface area contributed by atoms with Crippen molar-refractivity contribution in [1.29, 1.82) is 0 Å². The molecule has 0 fully saturated rings. The van der Waals surface area contributed by atoms with Crippen molar-refractivity contribution in [3.8, 4) is 5.69 Å². The monoisotopic (exact) mass is 475 g/mol. The molecule has 0 spiro atoms. The summed E-state index contributed by atoms with van der Waals surface area (Å²) in [6.07, 6.45) is 0.947. The molecule has 0 saturated heterocycles. The van der Waals surface area contributed by atoms with E-state index >= 15 is 0 Å². The number of thioether (sulfide) groups is 1. The zero-order valence-corrected chi connectivity index (χ0v) is 19.9. The molecule has 8 heteroatoms. The van der Waals surface area contributed by atoms with Crippen molar-refractivity contribution in [2.24, 2.45) is 0 Å². The zero-order valence-electron chi connectivity index (χ0n) is 19.1. The van der Waals surface area contributed by atoms with E-state index in [1.165, 1.54) is 29.5 Å². The minimum atomic E-state index is -0.316. The molecule has 34 heavy (non-hydrogen) atoms. The van der Waals surface area contributed by atoms with E-state index in [0.29, 0.717) is 16.7 Å². The highest BCUT2D eigenvalue weighted by molar-refractivity contribution is 7.98. The van der Waals surface area contributed by atoms with Crippen LogP contribution in [-0.4, -0.2) is 20.8 Å². The van der Waals surface area contributed by atoms with Gasteiger partial charge in [-0.15, -0.1) is 10.2 Å². The molecule has 0 aliphatic heterocycles. The lowest BCUT2D eigenvalue weighted by atomic mass is 10.1. The predicted octanol–water partition coefficient (Wildman–Crippen LogP) is 5.89. The fourth-order valence-electron chi connectivity index (χ4n) is 3.35. The largest absolute Gasteiger partial charge is 0.331 e. The van der Waals surface area contributed by atoms with E-state index in [-0.39, 0.29) is 18.4 Å². The van der Waals surface area contributed by atoms with Gasteiger partial charge in [0, 0.05) is 17.1 Å². The third-order valence-electron chi connectivity index (χ3n) is 5.30. The molecular formula is C26H26FN5OS. The second kappa shape index (κ2) is 11.0. The van der Waals surface area contributed by atoms with Gasteiger partial charge in [-0.25, -0.2) is 9.18 Å². The van der Waals surface area contributed by atoms with Crippen LogP contribution >= 0.6 is 11.8 Å². The number of nitrogens with zero attached hydrogens (tertiary/aromatic N) is 3. The number of carbonyl (C=O) groups is 1. The Balaban J connectivity index is 1.48. The lowest BCUT2D eigenvalue weighted by molar-refractivity contribution is 0.251. The molecule has 3 aromatic carbocycles. The van der Waals surface area contributed by atoms with Crippen LogP contribution in [0.15, 0.2) is 78.0 Å². The molecule has 2 N–H and O–H groups in total. The molecular weight excluding hydrogens is 449 g/mol. The van der Waals surface area contributed by atoms with Crippen molar-refractivity contribution in [3.63, 3.8) is 0 Å². The first-order chi connectivity index (χ1) is 16.5. The van der Waals surface area contributed by atoms with E-state index in [9.17, 15) is 9.18 Å². The Morgan fingerprint density at radius 1 is 0.941 bits per heavy atom. The molecule has 4 rings (SSSR count). The second-order valence-electron chi connectivity index (χ2n) is 7.84. The fraction of sp³-hybridized carbons (Fsp3) is 0.192. The van der Waals surface area contributed by atoms with Gasteiger partial charge in [-0.2, -0.15) is 0 Å². The lowest BCUT2D eigenvalue weighted by Crippen LogP contribution is -2.29. The van der Waals surface area contributed by atoms with Gasteiger partial charge in [0.05, 0.1) is 6.54 Å². The van der Waals surface area contributed by atoms with Crippen LogP contribution in [0.25, 0.3) is 5.69 Å². The highest BCUT2D eigenvalue weighted by Gasteiger charge is 2.16. The maximum absolute atomic E-state index is 13.2. The Morgan fingerprint density at radius 3 is 2.29 bits per heavy atom. The van der Waals surface area contributed by atoms with Crippen LogP contribution in [0.5, 0.6) is 0 Å². The van der Waals surface area contributed by atoms with Crippen LogP contribution in [-0.2, 0) is 18.7 Å². The van der Waals surface area contributed by atoms with Crippen molar-refractivity contribution >= 4 is 23.5 Å². The van der Waals surface area contributed by atoms with Crippen LogP contribution in [0.4, 0.5) is 14.9 Å². The molecule has 1 aromatic heterocycles. The normalized spacial score (nSPS) is 10.8. The predicted molar refractivity (Wildman–Crippen MR) is 134 cm³/mol. The smallest absolute Gasteiger partial charge is 0.319 e. The summed E-state index contributed by atoms with van der Waals surface area (Å²) in [4.78, 5) is 12.5. The standard InChI is InChI=1S/C26H26FN5OS/c1-3-19-8-12-22(13-9-19)29-25(33)28-16-24-30-31-26(32(24)23-14-4-18(2)5-15-23)34-17-20-6-10-21(27)11-7-20/h4-15H,3,16-17H2,1-2H3,(H2,28,29,33). The number of nitrogens with one attached hydrogen (secondary N) is 2. The fourth-order valence-corrected chi connectivity index (χ4v) is 4.28. The first kappa shape index (κ1) is 23.5. The highest BCUT2D eigenvalue weighted by atomic mass is 32.2. The summed E-state index contributed by atoms with van der Waals surface area (Å²) in [6.45, 7) is 4.32. The number of rotatable bonds is 8. The number of benzene rings is 3. The van der Waals surface area contributed by atoms with Gasteiger partial charge in [0.25, 0.3) is 0 Å². The van der Waals surface area contributed by atoms with E-state index in [1.54, 1.807) is 12.1 Å². The van der Waals surface area contributed by atoms with Crippen molar-refractivity contribution in [1.82, 2.24) is 20.1 Å². The maximum Gasteiger partial charge on any atom is 0.319 e. The maximum atomic E-state index is 13.2. The van der Waals surface area contributed by atoms with Crippen molar-refractivity contribution in [2.75, 3.05) is 5.32 Å². The summed E-state index contributed by atoms with van der Waals surface area (Å²) in [5.74, 6) is 0.970. The molecule has 0 unspecified atom stereocenters. The Morgan fingerprint density at radius 2 is 1.62 bits per heavy atom. The number of urea groups is 1. The summed E-state index contributed by atoms with van der Waals surface area (Å²) >= 11 is 1.50. The van der Waals surface area contributed by atoms with Gasteiger partial charge in [0.1, 0.15) is 5.82 Å². The van der Waals surface area contributed by atoms with E-state index < -0.39 is 0 Å². The third-order valence-corrected chi connectivity index (χ3v) is 6.30. The zero-order chi connectivity index (χ0) is 23.9. The van der Waals surface area contributed by atoms with Gasteiger partial charge in [-0.05, 0) is 60.9 Å². The summed E-state index contributed by atoms with van der Waals surface area (Å²) in [5, 5.41) is 15.1. The van der Waals surface area contributed by atoms with E-state index in [4.69, 9.17) is 0 Å². The number of hydrogen-bond acceptors (Lipinski definition) is 4. The third kappa shape index (κ3) is 6.02. The Kier molecular flexibility index (Phi) is 7.59. The molecule has 2 amide bonds. The molecule has 6 nitrogen and oxygen atoms in total. The molecule has 0 atom stereocenters. The quantitative estimate of drug-likeness (QED) is 0.312. The van der Waals surface area contributed by atoms with Gasteiger partial charge in [-0.1, -0.05) is 60.6 Å². The van der Waals surface area contributed by atoms with E-state index in [0.717, 1.165) is 28.9 Å². The molecule has 0 radical (unpaired) electrons. The van der Waals surface area contributed by atoms with Crippen LogP contribution in [0, 0.1) is 12.7 Å². The topological polar surface area (TPSA) is 71.8 Å². The molecule has 0 saturated carbocycles. The Labute approximate surface area is 202 Å². The van der Waals surface area contributed by atoms with Crippen LogP contribution in [0.2, 0.25) is 0 Å². The molecule has 4 aromatic rings. The molecule has 0 aliphatic carbocycles. The first-order valence-corrected chi connectivity index (χ1v) is 12.0. The first-order valence-electron chi connectivity index (χ1n) is 11.0. The Hall–Kier alpha value is -3.65. The number of carbonyl (C=O) groups excluding carboxylic acids is 1. The van der Waals surface area contributed by atoms with Gasteiger partial charge in [0.2, 0.25) is 0 Å². The summed E-state index contributed by atoms with van der Waals surface area (Å²) in [5.41, 5.74) is 4.97. The number of hydrogen-bond donors (Lipinski definition) is 2. The number of amides is 2. The second-order valence-corrected chi connectivity index (χ2v) is 8.79. The number of halogens is 1. The average molecular weight is 476 g/mol. The minimum absolute atomic E-state index is 0.205. The number of aromatic nitrogens is 3. The van der Waals surface area contributed by atoms with Gasteiger partial charge >= 0.3 is 6.03 Å². The summed E-state index contributed by atoms with van der Waals surface area (Å²) in [6, 6.07) is 21.9. The van der Waals surface area contributed by atoms with E-state index in [2.05, 4.69) is 27.8 Å². The van der Waals surface area contributed by atoms with Gasteiger partial charge in [0.15, 0.2) is 11.0 Å². The number of anilines is 1. The van der Waals surface area contributed by atoms with Gasteiger partial charge < -0.3 is 10.6 Å². The molecule has 1 heterocycles. The van der Waals surface area contributed by atoms with Crippen LogP contribution in [0.1, 0.15) is 29.4 Å². The van der Waals surface area contributed by atoms with Crippen molar-refractivity contribution < 1.29 is 9.18 Å². The van der Waals surface area contributed by atoms with Gasteiger partial charge in [-0.3, -0.25) is 4.57 Å². The average Bonchev–Trinajstić information content (AvgIpc) is 3.26. The summed E-state index contributed by atoms with van der Waals surface area (Å²) in [7, 11) is 0. The van der Waals surface area contributed by atoms with Crippen molar-refractivity contribution in [3.05, 3.63) is 101 Å².